The molecule has 2 nitrogen and oxygen atoms in total. The highest BCUT2D eigenvalue weighted by Crippen LogP contribution is 2.50. The Labute approximate surface area is 87.3 Å². The molecular weight excluding hydrogens is 198 g/mol. The molecule has 0 unspecified atom stereocenters. The van der Waals surface area contributed by atoms with Crippen molar-refractivity contribution < 1.29 is 4.79 Å². The van der Waals surface area contributed by atoms with Gasteiger partial charge in [-0.1, -0.05) is 11.6 Å². The van der Waals surface area contributed by atoms with Crippen molar-refractivity contribution in [3.05, 3.63) is 34.3 Å². The van der Waals surface area contributed by atoms with Crippen LogP contribution < -0.4 is 5.32 Å². The summed E-state index contributed by atoms with van der Waals surface area (Å²) >= 11 is 5.95. The third kappa shape index (κ3) is 1.01. The van der Waals surface area contributed by atoms with Gasteiger partial charge in [0.25, 0.3) is 5.91 Å². The van der Waals surface area contributed by atoms with Crippen LogP contribution in [0.15, 0.2) is 18.2 Å². The number of hydrogen-bond donors (Lipinski definition) is 1. The van der Waals surface area contributed by atoms with Gasteiger partial charge in [0.2, 0.25) is 0 Å². The Balaban J connectivity index is 2.22. The molecule has 1 heterocycles. The lowest BCUT2D eigenvalue weighted by Crippen LogP contribution is -2.39. The summed E-state index contributed by atoms with van der Waals surface area (Å²) in [6.45, 7) is 0.777. The van der Waals surface area contributed by atoms with E-state index < -0.39 is 0 Å². The predicted molar refractivity (Wildman–Crippen MR) is 54.7 cm³/mol. The fourth-order valence-electron chi connectivity index (χ4n) is 2.19. The van der Waals surface area contributed by atoms with Crippen LogP contribution >= 0.6 is 11.6 Å². The molecule has 3 heteroatoms. The number of carbonyl (C=O) groups excluding carboxylic acids is 1. The molecule has 72 valence electrons. The zero-order chi connectivity index (χ0) is 9.76. The van der Waals surface area contributed by atoms with Gasteiger partial charge >= 0.3 is 0 Å². The third-order valence-electron chi connectivity index (χ3n) is 3.24. The minimum absolute atomic E-state index is 0.0363. The molecule has 1 N–H and O–H groups in total. The highest BCUT2D eigenvalue weighted by Gasteiger charge is 2.48. The van der Waals surface area contributed by atoms with Gasteiger partial charge in [0, 0.05) is 22.5 Å². The molecule has 0 saturated heterocycles. The molecule has 0 atom stereocenters. The lowest BCUT2D eigenvalue weighted by molar-refractivity contribution is 0.0937. The minimum atomic E-state index is 0.0363. The molecular formula is C11H10ClNO. The standard InChI is InChI=1S/C11H10ClNO/c12-7-1-2-8-9(5-7)11(3-4-11)6-13-10(8)14/h1-2,5H,3-4,6H2,(H,13,14). The number of hydrogen-bond acceptors (Lipinski definition) is 1. The number of fused-ring (bicyclic) bond motifs is 2. The molecule has 0 bridgehead atoms. The zero-order valence-electron chi connectivity index (χ0n) is 7.64. The Kier molecular flexibility index (Phi) is 1.49. The molecule has 1 aromatic carbocycles. The number of nitrogens with one attached hydrogen (secondary N) is 1. The summed E-state index contributed by atoms with van der Waals surface area (Å²) in [6, 6.07) is 5.55. The number of rotatable bonds is 0. The van der Waals surface area contributed by atoms with Crippen molar-refractivity contribution in [3.8, 4) is 0 Å². The maximum absolute atomic E-state index is 11.6. The quantitative estimate of drug-likeness (QED) is 0.694. The van der Waals surface area contributed by atoms with Gasteiger partial charge in [-0.05, 0) is 36.6 Å². The topological polar surface area (TPSA) is 29.1 Å². The summed E-state index contributed by atoms with van der Waals surface area (Å²) in [6.07, 6.45) is 2.33. The van der Waals surface area contributed by atoms with Gasteiger partial charge < -0.3 is 5.32 Å². The molecule has 2 aliphatic rings. The van der Waals surface area contributed by atoms with Crippen LogP contribution in [0.1, 0.15) is 28.8 Å². The predicted octanol–water partition coefficient (Wildman–Crippen LogP) is 2.12. The van der Waals surface area contributed by atoms with Crippen LogP contribution in [-0.2, 0) is 5.41 Å². The van der Waals surface area contributed by atoms with Crippen molar-refractivity contribution in [2.45, 2.75) is 18.3 Å². The van der Waals surface area contributed by atoms with E-state index in [1.165, 1.54) is 12.8 Å². The van der Waals surface area contributed by atoms with Crippen LogP contribution in [0, 0.1) is 0 Å². The van der Waals surface area contributed by atoms with Gasteiger partial charge in [-0.25, -0.2) is 0 Å². The fourth-order valence-corrected chi connectivity index (χ4v) is 2.36. The van der Waals surface area contributed by atoms with Crippen LogP contribution in [-0.4, -0.2) is 12.5 Å². The van der Waals surface area contributed by atoms with Crippen molar-refractivity contribution in [2.24, 2.45) is 0 Å². The molecule has 0 radical (unpaired) electrons. The second-order valence-corrected chi connectivity index (χ2v) is 4.59. The number of amides is 1. The van der Waals surface area contributed by atoms with Gasteiger partial charge in [-0.15, -0.1) is 0 Å². The smallest absolute Gasteiger partial charge is 0.251 e. The summed E-state index contributed by atoms with van der Waals surface area (Å²) in [5.74, 6) is 0.0363. The van der Waals surface area contributed by atoms with E-state index in [-0.39, 0.29) is 11.3 Å². The van der Waals surface area contributed by atoms with Gasteiger partial charge in [-0.2, -0.15) is 0 Å². The van der Waals surface area contributed by atoms with E-state index in [1.54, 1.807) is 6.07 Å². The van der Waals surface area contributed by atoms with Crippen LogP contribution in [0.4, 0.5) is 0 Å². The van der Waals surface area contributed by atoms with E-state index in [0.717, 1.165) is 22.7 Å². The molecule has 0 aromatic heterocycles. The van der Waals surface area contributed by atoms with Crippen molar-refractivity contribution in [1.82, 2.24) is 5.32 Å². The minimum Gasteiger partial charge on any atom is -0.351 e. The van der Waals surface area contributed by atoms with Crippen LogP contribution in [0.25, 0.3) is 0 Å². The first-order valence-electron chi connectivity index (χ1n) is 4.80. The molecule has 14 heavy (non-hydrogen) atoms. The molecule has 1 amide bonds. The first kappa shape index (κ1) is 8.30. The van der Waals surface area contributed by atoms with E-state index in [1.807, 2.05) is 12.1 Å². The summed E-state index contributed by atoms with van der Waals surface area (Å²) in [7, 11) is 0. The van der Waals surface area contributed by atoms with Crippen molar-refractivity contribution in [1.29, 1.82) is 0 Å². The number of benzene rings is 1. The Bertz CT molecular complexity index is 423. The lowest BCUT2D eigenvalue weighted by atomic mass is 9.88. The van der Waals surface area contributed by atoms with E-state index in [2.05, 4.69) is 5.32 Å². The Morgan fingerprint density at radius 3 is 2.86 bits per heavy atom. The summed E-state index contributed by atoms with van der Waals surface area (Å²) in [5.41, 5.74) is 2.17. The Morgan fingerprint density at radius 1 is 1.36 bits per heavy atom. The SMILES string of the molecule is O=C1NCC2(CC2)c2cc(Cl)ccc21. The molecule has 1 aliphatic heterocycles. The maximum atomic E-state index is 11.6. The van der Waals surface area contributed by atoms with Gasteiger partial charge in [0.1, 0.15) is 0 Å². The maximum Gasteiger partial charge on any atom is 0.251 e. The van der Waals surface area contributed by atoms with Gasteiger partial charge in [0.05, 0.1) is 0 Å². The largest absolute Gasteiger partial charge is 0.351 e. The summed E-state index contributed by atoms with van der Waals surface area (Å²) < 4.78 is 0. The second kappa shape index (κ2) is 2.51. The van der Waals surface area contributed by atoms with Gasteiger partial charge in [-0.3, -0.25) is 4.79 Å². The Morgan fingerprint density at radius 2 is 2.14 bits per heavy atom. The highest BCUT2D eigenvalue weighted by molar-refractivity contribution is 6.30. The molecule has 1 fully saturated rings. The average molecular weight is 208 g/mol. The average Bonchev–Trinajstić information content (AvgIpc) is 2.93. The second-order valence-electron chi connectivity index (χ2n) is 4.15. The zero-order valence-corrected chi connectivity index (χ0v) is 8.40. The monoisotopic (exact) mass is 207 g/mol. The fraction of sp³-hybridized carbons (Fsp3) is 0.364. The first-order valence-corrected chi connectivity index (χ1v) is 5.17. The Hall–Kier alpha value is -1.02. The van der Waals surface area contributed by atoms with E-state index in [9.17, 15) is 4.79 Å². The van der Waals surface area contributed by atoms with E-state index >= 15 is 0 Å². The molecule has 1 spiro atoms. The summed E-state index contributed by atoms with van der Waals surface area (Å²) in [5, 5.41) is 3.66. The summed E-state index contributed by atoms with van der Waals surface area (Å²) in [4.78, 5) is 11.6. The number of carbonyl (C=O) groups is 1. The van der Waals surface area contributed by atoms with Crippen LogP contribution in [0.2, 0.25) is 5.02 Å². The number of halogens is 1. The van der Waals surface area contributed by atoms with Crippen LogP contribution in [0.5, 0.6) is 0 Å². The lowest BCUT2D eigenvalue weighted by Gasteiger charge is -2.25. The third-order valence-corrected chi connectivity index (χ3v) is 3.47. The van der Waals surface area contributed by atoms with Gasteiger partial charge in [0.15, 0.2) is 0 Å². The molecule has 1 saturated carbocycles. The normalized spacial score (nSPS) is 21.6. The van der Waals surface area contributed by atoms with Crippen molar-refractivity contribution in [2.75, 3.05) is 6.54 Å². The highest BCUT2D eigenvalue weighted by atomic mass is 35.5. The van der Waals surface area contributed by atoms with E-state index in [4.69, 9.17) is 11.6 Å². The molecule has 3 rings (SSSR count). The van der Waals surface area contributed by atoms with Crippen LogP contribution in [0.3, 0.4) is 0 Å². The molecule has 1 aromatic rings. The van der Waals surface area contributed by atoms with Crippen molar-refractivity contribution >= 4 is 17.5 Å². The first-order chi connectivity index (χ1) is 6.71. The van der Waals surface area contributed by atoms with Crippen molar-refractivity contribution in [3.63, 3.8) is 0 Å². The molecule has 1 aliphatic carbocycles. The van der Waals surface area contributed by atoms with E-state index in [0.29, 0.717) is 0 Å².